The molecule has 194 valence electrons. The number of aryl methyl sites for hydroxylation is 1. The molecule has 0 aromatic carbocycles. The van der Waals surface area contributed by atoms with Crippen LogP contribution in [0.2, 0.25) is 0 Å². The van der Waals surface area contributed by atoms with Crippen LogP contribution in [0.25, 0.3) is 0 Å². The second-order valence-electron chi connectivity index (χ2n) is 7.86. The molecule has 12 nitrogen and oxygen atoms in total. The number of aromatic amines is 1. The van der Waals surface area contributed by atoms with Crippen molar-refractivity contribution >= 4 is 55.5 Å². The minimum absolute atomic E-state index is 0.119. The van der Waals surface area contributed by atoms with Crippen LogP contribution in [0, 0.1) is 6.92 Å². The third-order valence-corrected chi connectivity index (χ3v) is 7.38. The number of H-pyrrole nitrogens is 1. The lowest BCUT2D eigenvalue weighted by Gasteiger charge is -2.19. The Labute approximate surface area is 217 Å². The quantitative estimate of drug-likeness (QED) is 0.161. The molecule has 0 saturated carbocycles. The minimum atomic E-state index is -4.09. The van der Waals surface area contributed by atoms with Gasteiger partial charge in [0.25, 0.3) is 16.0 Å². The van der Waals surface area contributed by atoms with Gasteiger partial charge in [-0.1, -0.05) is 0 Å². The number of carbonyl (C=O) groups is 1. The number of nitrogens with one attached hydrogen (secondary N) is 1. The van der Waals surface area contributed by atoms with Crippen LogP contribution in [0.1, 0.15) is 12.1 Å². The van der Waals surface area contributed by atoms with E-state index < -0.39 is 10.1 Å². The maximum atomic E-state index is 13.4. The Morgan fingerprint density at radius 2 is 2.08 bits per heavy atom. The number of aliphatic hydroxyl groups is 1. The predicted octanol–water partition coefficient (Wildman–Crippen LogP) is 1.62. The highest BCUT2D eigenvalue weighted by Gasteiger charge is 2.40. The van der Waals surface area contributed by atoms with Crippen LogP contribution >= 0.6 is 23.6 Å². The molecule has 4 rings (SSSR count). The number of thiocarbonyl (C=S) groups is 1. The van der Waals surface area contributed by atoms with Crippen molar-refractivity contribution in [2.45, 2.75) is 13.3 Å². The number of rotatable bonds is 11. The number of amides is 1. The molecule has 4 heterocycles. The van der Waals surface area contributed by atoms with E-state index in [1.54, 1.807) is 34.1 Å². The number of allylic oxidation sites excluding steroid dienone is 2. The molecule has 1 fully saturated rings. The zero-order chi connectivity index (χ0) is 25.9. The van der Waals surface area contributed by atoms with Gasteiger partial charge in [0.1, 0.15) is 10.7 Å². The first-order valence-corrected chi connectivity index (χ1v) is 13.9. The summed E-state index contributed by atoms with van der Waals surface area (Å²) in [5.41, 5.74) is 1.04. The number of hydrogen-bond donors (Lipinski definition) is 3. The van der Waals surface area contributed by atoms with E-state index in [4.69, 9.17) is 31.4 Å². The number of aromatic nitrogens is 2. The molecule has 0 spiro atoms. The standard InChI is InChI=1S/C21H25N5O7S3/c1-14-13-17(23-22-14)26-19(28)15(24(21(26)34)7-9-32-10-8-27)3-4-18-25(6-2-12-36(29,30)31)20-16(33-18)5-11-35-20/h3-5,11,13,27H,2,6-10,12H2,1H3,(H,22,23)(H,29,30,31). The monoisotopic (exact) mass is 555 g/mol. The molecule has 1 saturated heterocycles. The van der Waals surface area contributed by atoms with Crippen LogP contribution in [-0.2, 0) is 19.6 Å². The molecule has 0 aliphatic carbocycles. The van der Waals surface area contributed by atoms with E-state index in [2.05, 4.69) is 10.2 Å². The fourth-order valence-electron chi connectivity index (χ4n) is 3.68. The van der Waals surface area contributed by atoms with Crippen LogP contribution < -0.4 is 14.5 Å². The van der Waals surface area contributed by atoms with Crippen molar-refractivity contribution in [2.75, 3.05) is 48.5 Å². The average Bonchev–Trinajstić information content (AvgIpc) is 3.55. The summed E-state index contributed by atoms with van der Waals surface area (Å²) in [6, 6.07) is 3.51. The zero-order valence-electron chi connectivity index (χ0n) is 19.3. The molecule has 0 unspecified atom stereocenters. The van der Waals surface area contributed by atoms with Gasteiger partial charge < -0.3 is 24.4 Å². The second kappa shape index (κ2) is 11.1. The molecule has 3 N–H and O–H groups in total. The maximum Gasteiger partial charge on any atom is 0.282 e. The van der Waals surface area contributed by atoms with Crippen molar-refractivity contribution in [1.82, 2.24) is 15.1 Å². The van der Waals surface area contributed by atoms with Crippen LogP contribution in [0.4, 0.5) is 10.8 Å². The molecule has 0 radical (unpaired) electrons. The predicted molar refractivity (Wildman–Crippen MR) is 138 cm³/mol. The van der Waals surface area contributed by atoms with E-state index in [9.17, 15) is 13.2 Å². The van der Waals surface area contributed by atoms with Gasteiger partial charge in [0.15, 0.2) is 16.7 Å². The second-order valence-corrected chi connectivity index (χ2v) is 10.7. The highest BCUT2D eigenvalue weighted by Crippen LogP contribution is 2.43. The van der Waals surface area contributed by atoms with Crippen LogP contribution in [0.3, 0.4) is 0 Å². The lowest BCUT2D eigenvalue weighted by atomic mass is 10.3. The molecule has 0 bridgehead atoms. The zero-order valence-corrected chi connectivity index (χ0v) is 21.7. The largest absolute Gasteiger partial charge is 0.438 e. The number of anilines is 2. The number of fused-ring (bicyclic) bond motifs is 1. The van der Waals surface area contributed by atoms with E-state index in [-0.39, 0.29) is 61.8 Å². The van der Waals surface area contributed by atoms with E-state index in [0.717, 1.165) is 10.7 Å². The number of carbonyl (C=O) groups excluding carboxylic acids is 1. The minimum Gasteiger partial charge on any atom is -0.438 e. The fourth-order valence-corrected chi connectivity index (χ4v) is 5.40. The lowest BCUT2D eigenvalue weighted by Crippen LogP contribution is -2.34. The topological polar surface area (TPSA) is 149 Å². The SMILES string of the molecule is Cc1cc(N2C(=O)C(=CC=C3Oc4ccsc4N3CCCS(=O)(=O)O)N(CCOCCO)C2=S)n[nH]1. The van der Waals surface area contributed by atoms with Gasteiger partial charge in [-0.15, -0.1) is 11.3 Å². The summed E-state index contributed by atoms with van der Waals surface area (Å²) in [5.74, 6) is 0.629. The van der Waals surface area contributed by atoms with Gasteiger partial charge in [-0.2, -0.15) is 13.5 Å². The first-order valence-electron chi connectivity index (χ1n) is 11.0. The van der Waals surface area contributed by atoms with E-state index in [0.29, 0.717) is 17.5 Å². The van der Waals surface area contributed by atoms with Crippen LogP contribution in [0.5, 0.6) is 5.75 Å². The van der Waals surface area contributed by atoms with Crippen LogP contribution in [0.15, 0.2) is 41.2 Å². The molecule has 36 heavy (non-hydrogen) atoms. The summed E-state index contributed by atoms with van der Waals surface area (Å²) in [6.45, 7) is 2.64. The molecular weight excluding hydrogens is 530 g/mol. The molecule has 2 aromatic heterocycles. The van der Waals surface area contributed by atoms with Gasteiger partial charge in [-0.3, -0.25) is 14.4 Å². The number of aliphatic hydroxyl groups excluding tert-OH is 1. The molecule has 2 aromatic rings. The first kappa shape index (κ1) is 26.2. The smallest absolute Gasteiger partial charge is 0.282 e. The highest BCUT2D eigenvalue weighted by atomic mass is 32.2. The van der Waals surface area contributed by atoms with Crippen molar-refractivity contribution in [3.63, 3.8) is 0 Å². The van der Waals surface area contributed by atoms with Crippen molar-refractivity contribution in [1.29, 1.82) is 0 Å². The van der Waals surface area contributed by atoms with Gasteiger partial charge in [-0.25, -0.2) is 4.90 Å². The number of thiophene rings is 1. The molecule has 1 amide bonds. The van der Waals surface area contributed by atoms with Crippen molar-refractivity contribution in [3.8, 4) is 5.75 Å². The van der Waals surface area contributed by atoms with Crippen molar-refractivity contribution < 1.29 is 32.3 Å². The van der Waals surface area contributed by atoms with Crippen molar-refractivity contribution in [3.05, 3.63) is 46.9 Å². The van der Waals surface area contributed by atoms with E-state index >= 15 is 0 Å². The Morgan fingerprint density at radius 1 is 1.28 bits per heavy atom. The Balaban J connectivity index is 1.61. The molecule has 2 aliphatic rings. The molecule has 15 heteroatoms. The Bertz CT molecular complexity index is 1300. The third-order valence-electron chi connectivity index (χ3n) is 5.25. The summed E-state index contributed by atoms with van der Waals surface area (Å²) in [6.07, 6.45) is 3.38. The Morgan fingerprint density at radius 3 is 2.78 bits per heavy atom. The summed E-state index contributed by atoms with van der Waals surface area (Å²) in [4.78, 5) is 18.1. The number of nitrogens with zero attached hydrogens (tertiary/aromatic N) is 4. The molecular formula is C21H25N5O7S3. The van der Waals surface area contributed by atoms with Crippen LogP contribution in [-0.4, -0.2) is 82.9 Å². The number of ether oxygens (including phenoxy) is 2. The summed E-state index contributed by atoms with van der Waals surface area (Å²) in [5, 5.41) is 18.8. The number of hydrogen-bond acceptors (Lipinski definition) is 10. The summed E-state index contributed by atoms with van der Waals surface area (Å²) >= 11 is 7.01. The average molecular weight is 556 g/mol. The first-order chi connectivity index (χ1) is 17.2. The third kappa shape index (κ3) is 5.77. The normalized spacial score (nSPS) is 18.1. The maximum absolute atomic E-state index is 13.4. The summed E-state index contributed by atoms with van der Waals surface area (Å²) in [7, 11) is -4.09. The van der Waals surface area contributed by atoms with Gasteiger partial charge >= 0.3 is 0 Å². The fraction of sp³-hybridized carbons (Fsp3) is 0.381. The Hall–Kier alpha value is -2.82. The van der Waals surface area contributed by atoms with Gasteiger partial charge in [-0.05, 0) is 43.1 Å². The Kier molecular flexibility index (Phi) is 8.07. The van der Waals surface area contributed by atoms with Crippen molar-refractivity contribution in [2.24, 2.45) is 0 Å². The highest BCUT2D eigenvalue weighted by molar-refractivity contribution is 7.85. The van der Waals surface area contributed by atoms with Gasteiger partial charge in [0.2, 0.25) is 5.88 Å². The summed E-state index contributed by atoms with van der Waals surface area (Å²) < 4.78 is 42.7. The van der Waals surface area contributed by atoms with Gasteiger partial charge in [0, 0.05) is 30.9 Å². The molecule has 2 aliphatic heterocycles. The van der Waals surface area contributed by atoms with E-state index in [1.165, 1.54) is 16.2 Å². The van der Waals surface area contributed by atoms with E-state index in [1.807, 2.05) is 12.3 Å². The lowest BCUT2D eigenvalue weighted by molar-refractivity contribution is -0.114. The molecule has 0 atom stereocenters. The van der Waals surface area contributed by atoms with Gasteiger partial charge in [0.05, 0.1) is 25.6 Å².